The normalized spacial score (nSPS) is 21.6. The van der Waals surface area contributed by atoms with Gasteiger partial charge in [0, 0.05) is 32.0 Å². The number of nitrogens with one attached hydrogen (secondary N) is 2. The fourth-order valence-corrected chi connectivity index (χ4v) is 2.57. The number of amides is 1. The molecule has 1 amide bonds. The first kappa shape index (κ1) is 11.5. The number of hydrogen-bond donors (Lipinski definition) is 2. The summed E-state index contributed by atoms with van der Waals surface area (Å²) in [5.74, 6) is 1.21. The molecule has 0 aliphatic carbocycles. The van der Waals surface area contributed by atoms with Gasteiger partial charge in [-0.3, -0.25) is 4.79 Å². The second-order valence-electron chi connectivity index (χ2n) is 4.97. The largest absolute Gasteiger partial charge is 0.493 e. The third-order valence-corrected chi connectivity index (χ3v) is 3.56. The van der Waals surface area contributed by atoms with Gasteiger partial charge in [0.2, 0.25) is 5.91 Å². The number of fused-ring (bicyclic) bond motifs is 1. The van der Waals surface area contributed by atoms with Crippen molar-refractivity contribution < 1.29 is 9.53 Å². The van der Waals surface area contributed by atoms with Gasteiger partial charge in [0.05, 0.1) is 6.61 Å². The Morgan fingerprint density at radius 1 is 1.39 bits per heavy atom. The third kappa shape index (κ3) is 2.48. The van der Waals surface area contributed by atoms with Crippen molar-refractivity contribution in [1.82, 2.24) is 10.6 Å². The van der Waals surface area contributed by atoms with Crippen LogP contribution in [0.2, 0.25) is 0 Å². The molecule has 2 N–H and O–H groups in total. The highest BCUT2D eigenvalue weighted by molar-refractivity contribution is 5.78. The van der Waals surface area contributed by atoms with E-state index >= 15 is 0 Å². The van der Waals surface area contributed by atoms with Gasteiger partial charge >= 0.3 is 0 Å². The second-order valence-corrected chi connectivity index (χ2v) is 4.97. The Hall–Kier alpha value is -1.55. The van der Waals surface area contributed by atoms with Crippen LogP contribution in [0.3, 0.4) is 0 Å². The average molecular weight is 246 g/mol. The van der Waals surface area contributed by atoms with E-state index in [1.807, 2.05) is 0 Å². The molecule has 4 heteroatoms. The van der Waals surface area contributed by atoms with E-state index in [4.69, 9.17) is 4.74 Å². The van der Waals surface area contributed by atoms with Crippen LogP contribution < -0.4 is 15.4 Å². The van der Waals surface area contributed by atoms with Gasteiger partial charge in [-0.2, -0.15) is 0 Å². The molecule has 2 heterocycles. The summed E-state index contributed by atoms with van der Waals surface area (Å²) in [5, 5.41) is 6.36. The molecule has 2 aliphatic rings. The maximum atomic E-state index is 11.1. The van der Waals surface area contributed by atoms with Crippen LogP contribution in [0.25, 0.3) is 0 Å². The van der Waals surface area contributed by atoms with E-state index in [9.17, 15) is 4.79 Å². The quantitative estimate of drug-likeness (QED) is 0.833. The van der Waals surface area contributed by atoms with Crippen molar-refractivity contribution in [3.05, 3.63) is 29.3 Å². The summed E-state index contributed by atoms with van der Waals surface area (Å²) in [6.07, 6.45) is 2.63. The minimum absolute atomic E-state index is 0.177. The Kier molecular flexibility index (Phi) is 3.19. The van der Waals surface area contributed by atoms with E-state index < -0.39 is 0 Å². The van der Waals surface area contributed by atoms with Crippen molar-refractivity contribution >= 4 is 5.91 Å². The van der Waals surface area contributed by atoms with Crippen LogP contribution in [0.4, 0.5) is 0 Å². The fourth-order valence-electron chi connectivity index (χ4n) is 2.57. The molecule has 1 fully saturated rings. The molecule has 18 heavy (non-hydrogen) atoms. The van der Waals surface area contributed by atoms with Crippen LogP contribution in [0, 0.1) is 0 Å². The summed E-state index contributed by atoms with van der Waals surface area (Å²) in [7, 11) is 0. The Morgan fingerprint density at radius 3 is 3.17 bits per heavy atom. The number of ether oxygens (including phenoxy) is 1. The number of carbonyl (C=O) groups is 1. The van der Waals surface area contributed by atoms with E-state index in [1.54, 1.807) is 0 Å². The Morgan fingerprint density at radius 2 is 2.33 bits per heavy atom. The molecule has 2 aliphatic heterocycles. The van der Waals surface area contributed by atoms with Crippen molar-refractivity contribution in [3.8, 4) is 5.75 Å². The van der Waals surface area contributed by atoms with E-state index in [0.717, 1.165) is 38.3 Å². The van der Waals surface area contributed by atoms with Crippen LogP contribution in [-0.2, 0) is 17.8 Å². The molecular formula is C14H18N2O2. The lowest BCUT2D eigenvalue weighted by Crippen LogP contribution is -2.35. The monoisotopic (exact) mass is 246 g/mol. The number of benzene rings is 1. The smallest absolute Gasteiger partial charge is 0.220 e. The highest BCUT2D eigenvalue weighted by Gasteiger charge is 2.19. The summed E-state index contributed by atoms with van der Waals surface area (Å²) in [5.41, 5.74) is 2.59. The van der Waals surface area contributed by atoms with Gasteiger partial charge in [-0.1, -0.05) is 12.1 Å². The van der Waals surface area contributed by atoms with Crippen LogP contribution in [-0.4, -0.2) is 25.1 Å². The highest BCUT2D eigenvalue weighted by atomic mass is 16.5. The second kappa shape index (κ2) is 4.98. The van der Waals surface area contributed by atoms with E-state index in [0.29, 0.717) is 12.5 Å². The summed E-state index contributed by atoms with van der Waals surface area (Å²) in [6.45, 7) is 2.50. The molecule has 0 aromatic heterocycles. The van der Waals surface area contributed by atoms with Crippen molar-refractivity contribution in [2.24, 2.45) is 0 Å². The van der Waals surface area contributed by atoms with Crippen molar-refractivity contribution in [1.29, 1.82) is 0 Å². The summed E-state index contributed by atoms with van der Waals surface area (Å²) >= 11 is 0. The molecule has 0 radical (unpaired) electrons. The van der Waals surface area contributed by atoms with E-state index in [-0.39, 0.29) is 5.91 Å². The molecular weight excluding hydrogens is 228 g/mol. The molecule has 0 spiro atoms. The molecule has 96 valence electrons. The first-order chi connectivity index (χ1) is 8.81. The van der Waals surface area contributed by atoms with Gasteiger partial charge in [-0.05, 0) is 23.6 Å². The van der Waals surface area contributed by atoms with E-state index in [1.165, 1.54) is 11.1 Å². The molecule has 3 rings (SSSR count). The Labute approximate surface area is 107 Å². The number of rotatable bonds is 4. The predicted octanol–water partition coefficient (Wildman–Crippen LogP) is 0.990. The fraction of sp³-hybridized carbons (Fsp3) is 0.500. The highest BCUT2D eigenvalue weighted by Crippen LogP contribution is 2.25. The van der Waals surface area contributed by atoms with Crippen LogP contribution in [0.5, 0.6) is 5.75 Å². The lowest BCUT2D eigenvalue weighted by Gasteiger charge is -2.11. The van der Waals surface area contributed by atoms with Gasteiger partial charge in [-0.15, -0.1) is 0 Å². The van der Waals surface area contributed by atoms with Crippen molar-refractivity contribution in [3.63, 3.8) is 0 Å². The molecule has 0 bridgehead atoms. The minimum Gasteiger partial charge on any atom is -0.493 e. The average Bonchev–Trinajstić information content (AvgIpc) is 2.97. The summed E-state index contributed by atoms with van der Waals surface area (Å²) < 4.78 is 5.48. The summed E-state index contributed by atoms with van der Waals surface area (Å²) in [4.78, 5) is 11.1. The Bertz CT molecular complexity index is 459. The molecule has 0 saturated carbocycles. The van der Waals surface area contributed by atoms with Gasteiger partial charge in [0.15, 0.2) is 0 Å². The number of hydrogen-bond acceptors (Lipinski definition) is 3. The third-order valence-electron chi connectivity index (χ3n) is 3.56. The zero-order valence-corrected chi connectivity index (χ0v) is 10.4. The van der Waals surface area contributed by atoms with Crippen LogP contribution in [0.1, 0.15) is 24.0 Å². The first-order valence-electron chi connectivity index (χ1n) is 6.56. The molecule has 4 nitrogen and oxygen atoms in total. The van der Waals surface area contributed by atoms with Crippen molar-refractivity contribution in [2.75, 3.05) is 13.2 Å². The summed E-state index contributed by atoms with van der Waals surface area (Å²) in [6, 6.07) is 6.67. The standard InChI is InChI=1S/C14H18N2O2/c17-14-4-2-12(16-14)9-15-8-10-1-3-13-11(7-10)5-6-18-13/h1,3,7,12,15H,2,4-6,8-9H2,(H,16,17). The van der Waals surface area contributed by atoms with E-state index in [2.05, 4.69) is 28.8 Å². The molecule has 1 aromatic carbocycles. The SMILES string of the molecule is O=C1CCC(CNCc2ccc3c(c2)CCO3)N1. The molecule has 1 saturated heterocycles. The van der Waals surface area contributed by atoms with Crippen LogP contribution >= 0.6 is 0 Å². The zero-order valence-electron chi connectivity index (χ0n) is 10.4. The lowest BCUT2D eigenvalue weighted by atomic mass is 10.1. The number of carbonyl (C=O) groups excluding carboxylic acids is 1. The van der Waals surface area contributed by atoms with Crippen molar-refractivity contribution in [2.45, 2.75) is 31.8 Å². The topological polar surface area (TPSA) is 50.4 Å². The maximum Gasteiger partial charge on any atom is 0.220 e. The maximum absolute atomic E-state index is 11.1. The predicted molar refractivity (Wildman–Crippen MR) is 68.5 cm³/mol. The molecule has 1 aromatic rings. The Balaban J connectivity index is 1.50. The van der Waals surface area contributed by atoms with Gasteiger partial charge in [-0.25, -0.2) is 0 Å². The molecule has 1 atom stereocenters. The van der Waals surface area contributed by atoms with Gasteiger partial charge in [0.1, 0.15) is 5.75 Å². The van der Waals surface area contributed by atoms with Gasteiger partial charge < -0.3 is 15.4 Å². The zero-order chi connectivity index (χ0) is 12.4. The molecule has 1 unspecified atom stereocenters. The first-order valence-corrected chi connectivity index (χ1v) is 6.56. The minimum atomic E-state index is 0.177. The lowest BCUT2D eigenvalue weighted by molar-refractivity contribution is -0.119. The van der Waals surface area contributed by atoms with Crippen LogP contribution in [0.15, 0.2) is 18.2 Å². The van der Waals surface area contributed by atoms with Gasteiger partial charge in [0.25, 0.3) is 0 Å².